The molecule has 0 amide bonds. The van der Waals surface area contributed by atoms with E-state index >= 15 is 8.78 Å². The fraction of sp³-hybridized carbons (Fsp3) is 0.487. The molecule has 52 heavy (non-hydrogen) atoms. The molecule has 2 N–H and O–H groups in total. The number of phenolic OH excluding ortho intramolecular Hbond substituents is 1. The number of benzene rings is 2. The van der Waals surface area contributed by atoms with Crippen molar-refractivity contribution < 1.29 is 33.2 Å². The van der Waals surface area contributed by atoms with Gasteiger partial charge in [0.05, 0.1) is 44.7 Å². The minimum Gasteiger partial charge on any atom is -0.508 e. The molecule has 2 aromatic carbocycles. The maximum absolute atomic E-state index is 17.2. The second-order valence-corrected chi connectivity index (χ2v) is 14.5. The number of hydrogen-bond acceptors (Lipinski definition) is 11. The lowest BCUT2D eigenvalue weighted by Crippen LogP contribution is -2.58. The van der Waals surface area contributed by atoms with E-state index in [1.54, 1.807) is 4.90 Å². The van der Waals surface area contributed by atoms with Crippen LogP contribution in [0.15, 0.2) is 24.3 Å². The van der Waals surface area contributed by atoms with Crippen molar-refractivity contribution in [1.82, 2.24) is 19.9 Å². The molecule has 2 aliphatic heterocycles. The molecule has 4 heterocycles. The van der Waals surface area contributed by atoms with Crippen molar-refractivity contribution >= 4 is 27.5 Å². The van der Waals surface area contributed by atoms with E-state index < -0.39 is 17.7 Å². The zero-order chi connectivity index (χ0) is 36.1. The molecule has 0 radical (unpaired) electrons. The van der Waals surface area contributed by atoms with Crippen LogP contribution in [0.5, 0.6) is 17.6 Å². The smallest absolute Gasteiger partial charge is 0.319 e. The summed E-state index contributed by atoms with van der Waals surface area (Å²) in [4.78, 5) is 18.4. The van der Waals surface area contributed by atoms with Crippen LogP contribution in [0.3, 0.4) is 0 Å². The van der Waals surface area contributed by atoms with Gasteiger partial charge in [-0.25, -0.2) is 13.8 Å². The van der Waals surface area contributed by atoms with Crippen molar-refractivity contribution in [2.24, 2.45) is 11.3 Å². The van der Waals surface area contributed by atoms with Crippen LogP contribution in [0.1, 0.15) is 50.5 Å². The molecule has 4 aliphatic rings. The third kappa shape index (κ3) is 5.81. The quantitative estimate of drug-likeness (QED) is 0.241. The van der Waals surface area contributed by atoms with E-state index in [2.05, 4.69) is 26.9 Å². The van der Waals surface area contributed by atoms with Crippen LogP contribution in [-0.2, 0) is 4.74 Å². The summed E-state index contributed by atoms with van der Waals surface area (Å²) in [5.41, 5.74) is -0.589. The van der Waals surface area contributed by atoms with Crippen molar-refractivity contribution in [1.29, 1.82) is 5.26 Å². The van der Waals surface area contributed by atoms with Crippen LogP contribution < -0.4 is 14.4 Å². The fourth-order valence-electron chi connectivity index (χ4n) is 9.01. The minimum absolute atomic E-state index is 0.0173. The lowest BCUT2D eigenvalue weighted by Gasteiger charge is -2.52. The summed E-state index contributed by atoms with van der Waals surface area (Å²) < 4.78 is 50.1. The van der Waals surface area contributed by atoms with Gasteiger partial charge in [0.25, 0.3) is 0 Å². The van der Waals surface area contributed by atoms with Gasteiger partial charge in [0, 0.05) is 47.5 Å². The largest absolute Gasteiger partial charge is 0.508 e. The summed E-state index contributed by atoms with van der Waals surface area (Å²) >= 11 is 0. The first kappa shape index (κ1) is 34.3. The van der Waals surface area contributed by atoms with Crippen molar-refractivity contribution in [2.75, 3.05) is 51.5 Å². The van der Waals surface area contributed by atoms with E-state index in [0.29, 0.717) is 37.2 Å². The number of terminal acetylenes is 1. The maximum Gasteiger partial charge on any atom is 0.319 e. The molecule has 11 nitrogen and oxygen atoms in total. The number of likely N-dealkylation sites (tertiary alicyclic amines) is 1. The number of nitriles is 1. The Bertz CT molecular complexity index is 2130. The first-order valence-corrected chi connectivity index (χ1v) is 17.9. The fourth-order valence-corrected chi connectivity index (χ4v) is 9.01. The zero-order valence-electron chi connectivity index (χ0n) is 28.9. The number of hydrogen-bond donors (Lipinski definition) is 2. The van der Waals surface area contributed by atoms with Gasteiger partial charge in [-0.1, -0.05) is 18.4 Å². The molecule has 0 spiro atoms. The number of piperidine rings is 1. The van der Waals surface area contributed by atoms with Crippen LogP contribution in [0, 0.1) is 46.6 Å². The van der Waals surface area contributed by atoms with Crippen LogP contribution in [-0.4, -0.2) is 94.8 Å². The summed E-state index contributed by atoms with van der Waals surface area (Å²) in [6.07, 6.45) is 11.8. The Morgan fingerprint density at radius 3 is 2.73 bits per heavy atom. The second-order valence-electron chi connectivity index (χ2n) is 14.5. The Balaban J connectivity index is 1.25. The molecule has 0 bridgehead atoms. The zero-order valence-corrected chi connectivity index (χ0v) is 28.9. The maximum atomic E-state index is 17.2. The van der Waals surface area contributed by atoms with E-state index in [4.69, 9.17) is 25.6 Å². The number of halogens is 2. The molecular formula is C39H40F2N6O5. The molecule has 4 fully saturated rings. The molecule has 8 rings (SSSR count). The summed E-state index contributed by atoms with van der Waals surface area (Å²) in [5, 5.41) is 31.5. The van der Waals surface area contributed by atoms with Crippen LogP contribution in [0.25, 0.3) is 32.9 Å². The van der Waals surface area contributed by atoms with Gasteiger partial charge in [-0.05, 0) is 68.7 Å². The van der Waals surface area contributed by atoms with Crippen molar-refractivity contribution in [2.45, 2.75) is 63.1 Å². The van der Waals surface area contributed by atoms with Gasteiger partial charge >= 0.3 is 6.01 Å². The third-order valence-electron chi connectivity index (χ3n) is 11.5. The monoisotopic (exact) mass is 710 g/mol. The Morgan fingerprint density at radius 1 is 1.12 bits per heavy atom. The predicted molar refractivity (Wildman–Crippen MR) is 189 cm³/mol. The van der Waals surface area contributed by atoms with E-state index in [1.807, 2.05) is 0 Å². The van der Waals surface area contributed by atoms with Crippen molar-refractivity contribution in [3.05, 3.63) is 41.5 Å². The normalized spacial score (nSPS) is 26.3. The van der Waals surface area contributed by atoms with E-state index in [-0.39, 0.29) is 81.1 Å². The molecular weight excluding hydrogens is 670 g/mol. The number of phenols is 1. The molecule has 2 aliphatic carbocycles. The number of β-amino-alcohol motifs (C(OH)–C–C–N with tert-alkyl or cyclic N) is 1. The van der Waals surface area contributed by atoms with Gasteiger partial charge in [-0.2, -0.15) is 15.2 Å². The standard InChI is InChI=1S/C39H40F2N6O5/c1-3-27-29(40)8-7-23-16-25(48)17-28(31(23)27)34-33(41)35-32(37(43-34)50-2)36(46-12-13-51-20-26(49)19-46)45-38(44-35)52-21-39-9-4-6-30(39)47(11-5-10-39)24-14-22(15-24)18-42/h1,7-8,16-17,22,24,26,30,48-49H,4-6,9-15,19-21H2,2H3. The van der Waals surface area contributed by atoms with Gasteiger partial charge < -0.3 is 29.3 Å². The number of anilines is 1. The number of aromatic nitrogens is 3. The Morgan fingerprint density at radius 2 is 1.94 bits per heavy atom. The van der Waals surface area contributed by atoms with E-state index in [0.717, 1.165) is 51.5 Å². The summed E-state index contributed by atoms with van der Waals surface area (Å²) in [7, 11) is 1.39. The first-order chi connectivity index (χ1) is 25.2. The van der Waals surface area contributed by atoms with Crippen LogP contribution in [0.2, 0.25) is 0 Å². The molecule has 3 atom stereocenters. The molecule has 270 valence electrons. The highest BCUT2D eigenvalue weighted by molar-refractivity contribution is 6.04. The average molecular weight is 711 g/mol. The number of fused-ring (bicyclic) bond motifs is 3. The molecule has 4 aromatic rings. The number of pyridine rings is 1. The van der Waals surface area contributed by atoms with Crippen molar-refractivity contribution in [3.63, 3.8) is 0 Å². The van der Waals surface area contributed by atoms with Gasteiger partial charge in [0.15, 0.2) is 5.82 Å². The Hall–Kier alpha value is -4.82. The Labute approximate surface area is 300 Å². The van der Waals surface area contributed by atoms with Gasteiger partial charge in [0.1, 0.15) is 34.0 Å². The summed E-state index contributed by atoms with van der Waals surface area (Å²) in [6.45, 7) is 2.24. The minimum atomic E-state index is -0.868. The topological polar surface area (TPSA) is 137 Å². The number of rotatable bonds is 7. The molecule has 13 heteroatoms. The molecule has 2 saturated heterocycles. The summed E-state index contributed by atoms with van der Waals surface area (Å²) in [5.74, 6) is 0.994. The lowest BCUT2D eigenvalue weighted by atomic mass is 9.72. The van der Waals surface area contributed by atoms with E-state index in [9.17, 15) is 15.5 Å². The number of ether oxygens (including phenoxy) is 3. The second kappa shape index (κ2) is 13.6. The van der Waals surface area contributed by atoms with Crippen LogP contribution >= 0.6 is 0 Å². The van der Waals surface area contributed by atoms with Crippen LogP contribution in [0.4, 0.5) is 14.6 Å². The van der Waals surface area contributed by atoms with Crippen molar-refractivity contribution in [3.8, 4) is 47.3 Å². The molecule has 2 saturated carbocycles. The number of methoxy groups -OCH3 is 1. The number of aromatic hydroxyl groups is 1. The number of nitrogens with zero attached hydrogens (tertiary/aromatic N) is 6. The SMILES string of the molecule is C#Cc1c(F)ccc2cc(O)cc(-c3nc(OC)c4c(N5CCOCC(O)C5)nc(OCC56CCCC5N(C5CC(C#N)C5)CCC6)nc4c3F)c12. The average Bonchev–Trinajstić information content (AvgIpc) is 3.44. The van der Waals surface area contributed by atoms with Gasteiger partial charge in [-0.3, -0.25) is 4.90 Å². The number of aliphatic hydroxyl groups excluding tert-OH is 1. The summed E-state index contributed by atoms with van der Waals surface area (Å²) in [6, 6.07) is 8.44. The highest BCUT2D eigenvalue weighted by atomic mass is 19.1. The lowest BCUT2D eigenvalue weighted by molar-refractivity contribution is -0.0472. The van der Waals surface area contributed by atoms with Gasteiger partial charge in [0.2, 0.25) is 5.88 Å². The van der Waals surface area contributed by atoms with E-state index in [1.165, 1.54) is 31.4 Å². The number of aliphatic hydroxyl groups is 1. The Kier molecular flexibility index (Phi) is 8.98. The molecule has 2 aromatic heterocycles. The highest BCUT2D eigenvalue weighted by Crippen LogP contribution is 2.51. The van der Waals surface area contributed by atoms with Gasteiger partial charge in [-0.15, -0.1) is 6.42 Å². The third-order valence-corrected chi connectivity index (χ3v) is 11.5. The first-order valence-electron chi connectivity index (χ1n) is 17.9. The predicted octanol–water partition coefficient (Wildman–Crippen LogP) is 5.33. The highest BCUT2D eigenvalue weighted by Gasteiger charge is 2.51. The molecule has 3 unspecified atom stereocenters.